The smallest absolute Gasteiger partial charge is 0.308 e. The van der Waals surface area contributed by atoms with Gasteiger partial charge in [-0.1, -0.05) is 62.4 Å². The summed E-state index contributed by atoms with van der Waals surface area (Å²) >= 11 is 0. The van der Waals surface area contributed by atoms with E-state index in [1.54, 1.807) is 4.90 Å². The fourth-order valence-electron chi connectivity index (χ4n) is 5.84. The largest absolute Gasteiger partial charge is 0.481 e. The summed E-state index contributed by atoms with van der Waals surface area (Å²) in [4.78, 5) is 30.4. The van der Waals surface area contributed by atoms with Gasteiger partial charge in [0.25, 0.3) is 0 Å². The Kier molecular flexibility index (Phi) is 7.80. The normalized spacial score (nSPS) is 21.8. The Morgan fingerprint density at radius 2 is 1.80 bits per heavy atom. The molecule has 2 aromatic carbocycles. The number of amides is 1. The Morgan fingerprint density at radius 3 is 2.46 bits per heavy atom. The van der Waals surface area contributed by atoms with Crippen molar-refractivity contribution in [3.05, 3.63) is 59.7 Å². The van der Waals surface area contributed by atoms with Gasteiger partial charge in [-0.25, -0.2) is 0 Å². The number of carbonyl (C=O) groups is 2. The van der Waals surface area contributed by atoms with Crippen LogP contribution in [0.25, 0.3) is 0 Å². The standard InChI is InChI=1S/C29H39N3O3/c1-31(2)24-15-12-22(13-16-24)20-32-26-11-7-6-10-23(26)18-19-29(30,28(32)35)25(27(33)34)17-14-21-8-4-3-5-9-21/h6-7,10-13,15-16,21,25H,3-5,8-9,14,17-20,30H2,1-2H3,(H,33,34)/t25-,29-/m1/s1. The lowest BCUT2D eigenvalue weighted by Gasteiger charge is -2.37. The van der Waals surface area contributed by atoms with Gasteiger partial charge in [-0.15, -0.1) is 0 Å². The van der Waals surface area contributed by atoms with Crippen LogP contribution in [0.5, 0.6) is 0 Å². The number of hydrogen-bond acceptors (Lipinski definition) is 4. The van der Waals surface area contributed by atoms with Gasteiger partial charge in [-0.3, -0.25) is 9.59 Å². The number of nitrogens with two attached hydrogens (primary N) is 1. The second kappa shape index (κ2) is 10.8. The lowest BCUT2D eigenvalue weighted by molar-refractivity contribution is -0.148. The van der Waals surface area contributed by atoms with Crippen molar-refractivity contribution in [3.63, 3.8) is 0 Å². The summed E-state index contributed by atoms with van der Waals surface area (Å²) in [6.07, 6.45) is 8.18. The number of carboxylic acid groups (broad SMARTS) is 1. The van der Waals surface area contributed by atoms with Gasteiger partial charge in [0.2, 0.25) is 5.91 Å². The number of fused-ring (bicyclic) bond motifs is 1. The summed E-state index contributed by atoms with van der Waals surface area (Å²) in [5.74, 6) is -1.60. The number of carbonyl (C=O) groups excluding carboxylic acids is 1. The second-order valence-electron chi connectivity index (χ2n) is 10.6. The first-order valence-electron chi connectivity index (χ1n) is 13.0. The van der Waals surface area contributed by atoms with E-state index in [1.807, 2.05) is 67.5 Å². The molecule has 0 unspecified atom stereocenters. The maximum absolute atomic E-state index is 14.1. The van der Waals surface area contributed by atoms with Gasteiger partial charge in [-0.05, 0) is 60.9 Å². The molecule has 1 amide bonds. The molecule has 4 rings (SSSR count). The maximum atomic E-state index is 14.1. The number of aliphatic carboxylic acids is 1. The molecule has 35 heavy (non-hydrogen) atoms. The van der Waals surface area contributed by atoms with Crippen molar-refractivity contribution >= 4 is 23.3 Å². The summed E-state index contributed by atoms with van der Waals surface area (Å²) < 4.78 is 0. The van der Waals surface area contributed by atoms with Crippen LogP contribution in [0, 0.1) is 11.8 Å². The Labute approximate surface area is 209 Å². The molecule has 0 spiro atoms. The van der Waals surface area contributed by atoms with Crippen molar-refractivity contribution in [3.8, 4) is 0 Å². The average Bonchev–Trinajstić information content (AvgIpc) is 2.96. The molecule has 188 valence electrons. The van der Waals surface area contributed by atoms with Gasteiger partial charge in [-0.2, -0.15) is 0 Å². The Morgan fingerprint density at radius 1 is 1.11 bits per heavy atom. The van der Waals surface area contributed by atoms with Crippen LogP contribution in [0.4, 0.5) is 11.4 Å². The van der Waals surface area contributed by atoms with Gasteiger partial charge < -0.3 is 20.6 Å². The minimum absolute atomic E-state index is 0.282. The number of hydrogen-bond donors (Lipinski definition) is 2. The first-order valence-corrected chi connectivity index (χ1v) is 13.0. The molecule has 1 aliphatic carbocycles. The van der Waals surface area contributed by atoms with E-state index in [-0.39, 0.29) is 5.91 Å². The highest BCUT2D eigenvalue weighted by Gasteiger charge is 2.49. The molecule has 1 saturated carbocycles. The topological polar surface area (TPSA) is 86.9 Å². The summed E-state index contributed by atoms with van der Waals surface area (Å²) in [7, 11) is 3.98. The van der Waals surface area contributed by atoms with Crippen LogP contribution in [-0.2, 0) is 22.6 Å². The van der Waals surface area contributed by atoms with Gasteiger partial charge in [0.15, 0.2) is 0 Å². The Hall–Kier alpha value is -2.86. The number of para-hydroxylation sites is 1. The van der Waals surface area contributed by atoms with Crippen molar-refractivity contribution in [2.75, 3.05) is 23.9 Å². The number of carboxylic acids is 1. The molecule has 2 aromatic rings. The third-order valence-electron chi connectivity index (χ3n) is 8.04. The highest BCUT2D eigenvalue weighted by atomic mass is 16.4. The van der Waals surface area contributed by atoms with Gasteiger partial charge >= 0.3 is 5.97 Å². The fraction of sp³-hybridized carbons (Fsp3) is 0.517. The zero-order valence-corrected chi connectivity index (χ0v) is 21.1. The van der Waals surface area contributed by atoms with Crippen molar-refractivity contribution in [1.29, 1.82) is 0 Å². The highest BCUT2D eigenvalue weighted by molar-refractivity contribution is 6.03. The van der Waals surface area contributed by atoms with Crippen molar-refractivity contribution in [2.24, 2.45) is 17.6 Å². The number of nitrogens with zero attached hydrogens (tertiary/aromatic N) is 2. The minimum atomic E-state index is -1.44. The average molecular weight is 478 g/mol. The van der Waals surface area contributed by atoms with E-state index in [0.717, 1.165) is 41.8 Å². The molecule has 6 nitrogen and oxygen atoms in total. The van der Waals surface area contributed by atoms with Gasteiger partial charge in [0, 0.05) is 25.5 Å². The van der Waals surface area contributed by atoms with E-state index in [2.05, 4.69) is 0 Å². The summed E-state index contributed by atoms with van der Waals surface area (Å²) in [6, 6.07) is 16.0. The van der Waals surface area contributed by atoms with E-state index >= 15 is 0 Å². The lowest BCUT2D eigenvalue weighted by atomic mass is 9.75. The number of anilines is 2. The van der Waals surface area contributed by atoms with Crippen molar-refractivity contribution in [1.82, 2.24) is 0 Å². The monoisotopic (exact) mass is 477 g/mol. The molecule has 1 fully saturated rings. The first-order chi connectivity index (χ1) is 16.8. The number of aryl methyl sites for hydroxylation is 1. The lowest BCUT2D eigenvalue weighted by Crippen LogP contribution is -2.61. The maximum Gasteiger partial charge on any atom is 0.308 e. The highest BCUT2D eigenvalue weighted by Crippen LogP contribution is 2.38. The second-order valence-corrected chi connectivity index (χ2v) is 10.6. The molecule has 0 bridgehead atoms. The predicted molar refractivity (Wildman–Crippen MR) is 141 cm³/mol. The van der Waals surface area contributed by atoms with Crippen LogP contribution in [0.1, 0.15) is 62.5 Å². The molecular weight excluding hydrogens is 438 g/mol. The molecule has 1 aliphatic heterocycles. The predicted octanol–water partition coefficient (Wildman–Crippen LogP) is 4.99. The first kappa shape index (κ1) is 25.2. The van der Waals surface area contributed by atoms with Gasteiger partial charge in [0.1, 0.15) is 5.54 Å². The van der Waals surface area contributed by atoms with Crippen LogP contribution >= 0.6 is 0 Å². The summed E-state index contributed by atoms with van der Waals surface area (Å²) in [5.41, 5.74) is 9.36. The van der Waals surface area contributed by atoms with Crippen LogP contribution < -0.4 is 15.5 Å². The molecule has 1 heterocycles. The molecule has 0 radical (unpaired) electrons. The van der Waals surface area contributed by atoms with E-state index in [4.69, 9.17) is 5.73 Å². The number of benzene rings is 2. The van der Waals surface area contributed by atoms with E-state index < -0.39 is 17.4 Å². The molecule has 3 N–H and O–H groups in total. The Bertz CT molecular complexity index is 1030. The molecule has 2 aliphatic rings. The van der Waals surface area contributed by atoms with E-state index in [1.165, 1.54) is 19.3 Å². The molecule has 0 saturated heterocycles. The summed E-state index contributed by atoms with van der Waals surface area (Å²) in [5, 5.41) is 10.2. The van der Waals surface area contributed by atoms with Crippen LogP contribution in [0.15, 0.2) is 48.5 Å². The van der Waals surface area contributed by atoms with Gasteiger partial charge in [0.05, 0.1) is 12.5 Å². The zero-order valence-electron chi connectivity index (χ0n) is 21.1. The van der Waals surface area contributed by atoms with E-state index in [0.29, 0.717) is 31.7 Å². The number of rotatable bonds is 8. The van der Waals surface area contributed by atoms with Crippen LogP contribution in [0.3, 0.4) is 0 Å². The molecule has 2 atom stereocenters. The Balaban J connectivity index is 1.63. The quantitative estimate of drug-likeness (QED) is 0.559. The van der Waals surface area contributed by atoms with Crippen molar-refractivity contribution < 1.29 is 14.7 Å². The fourth-order valence-corrected chi connectivity index (χ4v) is 5.84. The van der Waals surface area contributed by atoms with Crippen LogP contribution in [-0.4, -0.2) is 36.6 Å². The van der Waals surface area contributed by atoms with Crippen LogP contribution in [0.2, 0.25) is 0 Å². The molecular formula is C29H39N3O3. The van der Waals surface area contributed by atoms with E-state index in [9.17, 15) is 14.7 Å². The zero-order chi connectivity index (χ0) is 25.0. The molecule has 6 heteroatoms. The summed E-state index contributed by atoms with van der Waals surface area (Å²) in [6.45, 7) is 0.359. The minimum Gasteiger partial charge on any atom is -0.481 e. The molecule has 0 aromatic heterocycles. The SMILES string of the molecule is CN(C)c1ccc(CN2C(=O)[C@](N)([C@H](CCC3CCCCC3)C(=O)O)CCc3ccccc32)cc1. The third-order valence-corrected chi connectivity index (χ3v) is 8.04. The third kappa shape index (κ3) is 5.53. The van der Waals surface area contributed by atoms with Crippen molar-refractivity contribution in [2.45, 2.75) is 69.9 Å².